The van der Waals surface area contributed by atoms with E-state index in [2.05, 4.69) is 50.7 Å². The van der Waals surface area contributed by atoms with Crippen LogP contribution in [-0.4, -0.2) is 35.4 Å². The van der Waals surface area contributed by atoms with E-state index in [1.54, 1.807) is 11.8 Å². The lowest BCUT2D eigenvalue weighted by atomic mass is 10.1. The number of hydrogen-bond acceptors (Lipinski definition) is 5. The standard InChI is InChI=1S/C17H22N4S/c1-22-16-7-2-5-14(11-16)12-20-15-6-3-10-21(13-15)17-18-8-4-9-19-17/h2,4-5,7-9,11,15,20H,3,6,10,12-13H2,1H3/t15-/m1/s1. The van der Waals surface area contributed by atoms with Crippen molar-refractivity contribution in [3.8, 4) is 0 Å². The van der Waals surface area contributed by atoms with Gasteiger partial charge in [0.2, 0.25) is 5.95 Å². The smallest absolute Gasteiger partial charge is 0.225 e. The van der Waals surface area contributed by atoms with Crippen molar-refractivity contribution in [2.75, 3.05) is 24.2 Å². The summed E-state index contributed by atoms with van der Waals surface area (Å²) in [7, 11) is 0. The van der Waals surface area contributed by atoms with Crippen molar-refractivity contribution in [1.82, 2.24) is 15.3 Å². The SMILES string of the molecule is CSc1cccc(CN[C@@H]2CCCN(c3ncccn3)C2)c1. The zero-order valence-corrected chi connectivity index (χ0v) is 13.7. The molecule has 1 aromatic carbocycles. The van der Waals surface area contributed by atoms with Crippen LogP contribution in [0.3, 0.4) is 0 Å². The normalized spacial score (nSPS) is 18.4. The van der Waals surface area contributed by atoms with E-state index in [4.69, 9.17) is 0 Å². The molecule has 1 fully saturated rings. The average molecular weight is 314 g/mol. The van der Waals surface area contributed by atoms with Crippen LogP contribution in [0.4, 0.5) is 5.95 Å². The summed E-state index contributed by atoms with van der Waals surface area (Å²) in [5.74, 6) is 0.846. The summed E-state index contributed by atoms with van der Waals surface area (Å²) in [4.78, 5) is 12.3. The Morgan fingerprint density at radius 2 is 2.14 bits per heavy atom. The van der Waals surface area contributed by atoms with Gasteiger partial charge in [0, 0.05) is 43.0 Å². The molecular weight excluding hydrogens is 292 g/mol. The molecule has 1 atom stereocenters. The Kier molecular flexibility index (Phi) is 5.29. The summed E-state index contributed by atoms with van der Waals surface area (Å²) in [6, 6.07) is 11.1. The van der Waals surface area contributed by atoms with Gasteiger partial charge in [-0.05, 0) is 42.9 Å². The summed E-state index contributed by atoms with van der Waals surface area (Å²) < 4.78 is 0. The Morgan fingerprint density at radius 3 is 2.95 bits per heavy atom. The predicted molar refractivity (Wildman–Crippen MR) is 92.3 cm³/mol. The van der Waals surface area contributed by atoms with Gasteiger partial charge in [-0.25, -0.2) is 9.97 Å². The van der Waals surface area contributed by atoms with Crippen LogP contribution in [0.5, 0.6) is 0 Å². The van der Waals surface area contributed by atoms with Crippen LogP contribution in [0.2, 0.25) is 0 Å². The molecule has 1 aromatic heterocycles. The van der Waals surface area contributed by atoms with E-state index in [1.807, 2.05) is 18.5 Å². The Balaban J connectivity index is 1.56. The monoisotopic (exact) mass is 314 g/mol. The number of benzene rings is 1. The fourth-order valence-corrected chi connectivity index (χ4v) is 3.31. The molecule has 0 aliphatic carbocycles. The van der Waals surface area contributed by atoms with Crippen molar-refractivity contribution in [2.45, 2.75) is 30.3 Å². The van der Waals surface area contributed by atoms with Gasteiger partial charge >= 0.3 is 0 Å². The Morgan fingerprint density at radius 1 is 1.27 bits per heavy atom. The van der Waals surface area contributed by atoms with Gasteiger partial charge in [-0.1, -0.05) is 12.1 Å². The van der Waals surface area contributed by atoms with Crippen molar-refractivity contribution in [1.29, 1.82) is 0 Å². The third-order valence-electron chi connectivity index (χ3n) is 3.99. The molecule has 5 heteroatoms. The van der Waals surface area contributed by atoms with E-state index in [9.17, 15) is 0 Å². The van der Waals surface area contributed by atoms with Crippen molar-refractivity contribution in [3.05, 3.63) is 48.3 Å². The molecule has 2 aromatic rings. The van der Waals surface area contributed by atoms with Crippen molar-refractivity contribution in [3.63, 3.8) is 0 Å². The van der Waals surface area contributed by atoms with Crippen LogP contribution < -0.4 is 10.2 Å². The van der Waals surface area contributed by atoms with Crippen LogP contribution in [0.15, 0.2) is 47.6 Å². The molecule has 22 heavy (non-hydrogen) atoms. The van der Waals surface area contributed by atoms with Crippen LogP contribution in [-0.2, 0) is 6.54 Å². The van der Waals surface area contributed by atoms with Gasteiger partial charge in [0.1, 0.15) is 0 Å². The number of nitrogens with one attached hydrogen (secondary N) is 1. The molecule has 1 aliphatic rings. The molecular formula is C17H22N4S. The first-order valence-corrected chi connectivity index (χ1v) is 8.96. The first kappa shape index (κ1) is 15.3. The van der Waals surface area contributed by atoms with Crippen molar-refractivity contribution >= 4 is 17.7 Å². The van der Waals surface area contributed by atoms with E-state index in [-0.39, 0.29) is 0 Å². The molecule has 2 heterocycles. The number of anilines is 1. The molecule has 1 saturated heterocycles. The molecule has 3 rings (SSSR count). The molecule has 0 saturated carbocycles. The zero-order valence-electron chi connectivity index (χ0n) is 12.9. The minimum atomic E-state index is 0.496. The highest BCUT2D eigenvalue weighted by molar-refractivity contribution is 7.98. The first-order chi connectivity index (χ1) is 10.8. The zero-order chi connectivity index (χ0) is 15.2. The van der Waals surface area contributed by atoms with Crippen LogP contribution >= 0.6 is 11.8 Å². The fourth-order valence-electron chi connectivity index (χ4n) is 2.82. The molecule has 0 radical (unpaired) electrons. The van der Waals surface area contributed by atoms with Crippen molar-refractivity contribution in [2.24, 2.45) is 0 Å². The summed E-state index contributed by atoms with van der Waals surface area (Å²) in [5.41, 5.74) is 1.35. The Hall–Kier alpha value is -1.59. The fraction of sp³-hybridized carbons (Fsp3) is 0.412. The van der Waals surface area contributed by atoms with Gasteiger partial charge in [-0.15, -0.1) is 11.8 Å². The molecule has 0 spiro atoms. The third-order valence-corrected chi connectivity index (χ3v) is 4.71. The van der Waals surface area contributed by atoms with Gasteiger partial charge in [0.25, 0.3) is 0 Å². The molecule has 0 unspecified atom stereocenters. The molecule has 116 valence electrons. The molecule has 4 nitrogen and oxygen atoms in total. The van der Waals surface area contributed by atoms with Gasteiger partial charge in [0.15, 0.2) is 0 Å². The second kappa shape index (κ2) is 7.61. The van der Waals surface area contributed by atoms with Gasteiger partial charge in [-0.3, -0.25) is 0 Å². The minimum Gasteiger partial charge on any atom is -0.339 e. The predicted octanol–water partition coefficient (Wildman–Crippen LogP) is 2.96. The number of rotatable bonds is 5. The maximum atomic E-state index is 4.36. The highest BCUT2D eigenvalue weighted by Gasteiger charge is 2.21. The number of aromatic nitrogens is 2. The van der Waals surface area contributed by atoms with E-state index in [0.717, 1.165) is 25.6 Å². The molecule has 0 amide bonds. The Bertz CT molecular complexity index is 590. The highest BCUT2D eigenvalue weighted by Crippen LogP contribution is 2.18. The third kappa shape index (κ3) is 3.99. The van der Waals surface area contributed by atoms with Crippen molar-refractivity contribution < 1.29 is 0 Å². The van der Waals surface area contributed by atoms with E-state index < -0.39 is 0 Å². The van der Waals surface area contributed by atoms with E-state index in [0.29, 0.717) is 6.04 Å². The quantitative estimate of drug-likeness (QED) is 0.859. The second-order valence-corrected chi connectivity index (χ2v) is 6.45. The maximum Gasteiger partial charge on any atom is 0.225 e. The molecule has 1 aliphatic heterocycles. The van der Waals surface area contributed by atoms with Gasteiger partial charge < -0.3 is 10.2 Å². The largest absolute Gasteiger partial charge is 0.339 e. The highest BCUT2D eigenvalue weighted by atomic mass is 32.2. The number of thioether (sulfide) groups is 1. The van der Waals surface area contributed by atoms with Crippen LogP contribution in [0.25, 0.3) is 0 Å². The second-order valence-electron chi connectivity index (χ2n) is 5.57. The summed E-state index contributed by atoms with van der Waals surface area (Å²) in [6.07, 6.45) is 8.14. The summed E-state index contributed by atoms with van der Waals surface area (Å²) in [6.45, 7) is 2.94. The number of piperidine rings is 1. The molecule has 1 N–H and O–H groups in total. The summed E-state index contributed by atoms with van der Waals surface area (Å²) in [5, 5.41) is 3.68. The average Bonchev–Trinajstić information content (AvgIpc) is 2.61. The van der Waals surface area contributed by atoms with E-state index in [1.165, 1.54) is 23.3 Å². The topological polar surface area (TPSA) is 41.0 Å². The van der Waals surface area contributed by atoms with Crippen LogP contribution in [0.1, 0.15) is 18.4 Å². The minimum absolute atomic E-state index is 0.496. The first-order valence-electron chi connectivity index (χ1n) is 7.73. The van der Waals surface area contributed by atoms with E-state index >= 15 is 0 Å². The Labute approximate surface area is 136 Å². The number of hydrogen-bond donors (Lipinski definition) is 1. The lowest BCUT2D eigenvalue weighted by Gasteiger charge is -2.33. The summed E-state index contributed by atoms with van der Waals surface area (Å²) >= 11 is 1.79. The lowest BCUT2D eigenvalue weighted by Crippen LogP contribution is -2.46. The number of nitrogens with zero attached hydrogens (tertiary/aromatic N) is 3. The maximum absolute atomic E-state index is 4.36. The van der Waals surface area contributed by atoms with Gasteiger partial charge in [-0.2, -0.15) is 0 Å². The molecule has 0 bridgehead atoms. The van der Waals surface area contributed by atoms with Crippen LogP contribution in [0, 0.1) is 0 Å². The van der Waals surface area contributed by atoms with Gasteiger partial charge in [0.05, 0.1) is 0 Å². The lowest BCUT2D eigenvalue weighted by molar-refractivity contribution is 0.418.